The van der Waals surface area contributed by atoms with Crippen molar-refractivity contribution in [1.29, 1.82) is 0 Å². The Bertz CT molecular complexity index is 310. The summed E-state index contributed by atoms with van der Waals surface area (Å²) in [6.07, 6.45) is 3.95. The molecule has 1 aromatic heterocycles. The summed E-state index contributed by atoms with van der Waals surface area (Å²) < 4.78 is 0. The standard InChI is InChI=1S/C10H16N4O/c1-8-5-14-9(7-13-8)6-12-4-3-10(15)11-2/h5,7,12H,3-4,6H2,1-2H3,(H,11,15). The zero-order valence-corrected chi connectivity index (χ0v) is 9.08. The van der Waals surface area contributed by atoms with E-state index < -0.39 is 0 Å². The summed E-state index contributed by atoms with van der Waals surface area (Å²) in [5.41, 5.74) is 1.79. The van der Waals surface area contributed by atoms with E-state index in [2.05, 4.69) is 20.6 Å². The van der Waals surface area contributed by atoms with Gasteiger partial charge in [0, 0.05) is 39.0 Å². The predicted octanol–water partition coefficient (Wildman–Crippen LogP) is 0.0107. The number of hydrogen-bond donors (Lipinski definition) is 2. The van der Waals surface area contributed by atoms with Gasteiger partial charge >= 0.3 is 0 Å². The largest absolute Gasteiger partial charge is 0.359 e. The lowest BCUT2D eigenvalue weighted by Crippen LogP contribution is -2.24. The third-order valence-corrected chi connectivity index (χ3v) is 1.95. The van der Waals surface area contributed by atoms with E-state index in [0.29, 0.717) is 19.5 Å². The first kappa shape index (κ1) is 11.6. The van der Waals surface area contributed by atoms with E-state index in [1.165, 1.54) is 0 Å². The second-order valence-electron chi connectivity index (χ2n) is 3.25. The van der Waals surface area contributed by atoms with Crippen molar-refractivity contribution in [3.63, 3.8) is 0 Å². The molecule has 1 rings (SSSR count). The number of amides is 1. The summed E-state index contributed by atoms with van der Waals surface area (Å²) in [6, 6.07) is 0. The van der Waals surface area contributed by atoms with Crippen LogP contribution in [0.3, 0.4) is 0 Å². The molecule has 0 radical (unpaired) electrons. The molecule has 82 valence electrons. The summed E-state index contributed by atoms with van der Waals surface area (Å²) in [6.45, 7) is 3.19. The molecular weight excluding hydrogens is 192 g/mol. The number of carbonyl (C=O) groups excluding carboxylic acids is 1. The first-order valence-electron chi connectivity index (χ1n) is 4.91. The molecule has 1 heterocycles. The molecular formula is C10H16N4O. The van der Waals surface area contributed by atoms with Crippen molar-refractivity contribution in [3.05, 3.63) is 23.8 Å². The topological polar surface area (TPSA) is 66.9 Å². The minimum atomic E-state index is 0.0393. The van der Waals surface area contributed by atoms with Crippen LogP contribution in [-0.4, -0.2) is 29.5 Å². The van der Waals surface area contributed by atoms with Crippen LogP contribution in [-0.2, 0) is 11.3 Å². The van der Waals surface area contributed by atoms with Crippen molar-refractivity contribution in [2.24, 2.45) is 0 Å². The molecule has 1 amide bonds. The van der Waals surface area contributed by atoms with E-state index in [-0.39, 0.29) is 5.91 Å². The number of aromatic nitrogens is 2. The molecule has 5 nitrogen and oxygen atoms in total. The fourth-order valence-corrected chi connectivity index (χ4v) is 1.05. The summed E-state index contributed by atoms with van der Waals surface area (Å²) >= 11 is 0. The molecule has 0 aromatic carbocycles. The molecule has 2 N–H and O–H groups in total. The van der Waals surface area contributed by atoms with Crippen LogP contribution in [0.4, 0.5) is 0 Å². The number of nitrogens with one attached hydrogen (secondary N) is 2. The van der Waals surface area contributed by atoms with Crippen LogP contribution in [0.2, 0.25) is 0 Å². The van der Waals surface area contributed by atoms with Gasteiger partial charge in [-0.2, -0.15) is 0 Å². The molecule has 0 aliphatic carbocycles. The van der Waals surface area contributed by atoms with E-state index in [4.69, 9.17) is 0 Å². The van der Waals surface area contributed by atoms with Crippen LogP contribution < -0.4 is 10.6 Å². The van der Waals surface area contributed by atoms with Gasteiger partial charge in [-0.05, 0) is 6.92 Å². The van der Waals surface area contributed by atoms with Crippen molar-refractivity contribution < 1.29 is 4.79 Å². The minimum Gasteiger partial charge on any atom is -0.359 e. The van der Waals surface area contributed by atoms with Crippen molar-refractivity contribution in [2.75, 3.05) is 13.6 Å². The van der Waals surface area contributed by atoms with Gasteiger partial charge in [0.05, 0.1) is 11.4 Å². The summed E-state index contributed by atoms with van der Waals surface area (Å²) in [5, 5.41) is 5.69. The Kier molecular flexibility index (Phi) is 4.70. The van der Waals surface area contributed by atoms with E-state index in [9.17, 15) is 4.79 Å². The molecule has 5 heteroatoms. The van der Waals surface area contributed by atoms with Gasteiger partial charge in [-0.25, -0.2) is 0 Å². The maximum atomic E-state index is 10.9. The molecule has 0 aliphatic heterocycles. The maximum absolute atomic E-state index is 10.9. The third kappa shape index (κ3) is 4.51. The van der Waals surface area contributed by atoms with Crippen LogP contribution in [0.1, 0.15) is 17.8 Å². The Morgan fingerprint density at radius 1 is 1.40 bits per heavy atom. The molecule has 0 spiro atoms. The molecule has 0 fully saturated rings. The zero-order valence-electron chi connectivity index (χ0n) is 9.08. The van der Waals surface area contributed by atoms with Crippen LogP contribution >= 0.6 is 0 Å². The van der Waals surface area contributed by atoms with E-state index >= 15 is 0 Å². The fraction of sp³-hybridized carbons (Fsp3) is 0.500. The highest BCUT2D eigenvalue weighted by Crippen LogP contribution is 1.93. The first-order chi connectivity index (χ1) is 7.22. The molecule has 0 atom stereocenters. The average Bonchev–Trinajstić information content (AvgIpc) is 2.26. The van der Waals surface area contributed by atoms with Gasteiger partial charge < -0.3 is 10.6 Å². The van der Waals surface area contributed by atoms with Crippen LogP contribution in [0.5, 0.6) is 0 Å². The van der Waals surface area contributed by atoms with E-state index in [1.807, 2.05) is 6.92 Å². The van der Waals surface area contributed by atoms with Crippen molar-refractivity contribution >= 4 is 5.91 Å². The molecule has 0 aliphatic rings. The molecule has 0 saturated heterocycles. The van der Waals surface area contributed by atoms with Crippen LogP contribution in [0.15, 0.2) is 12.4 Å². The van der Waals surface area contributed by atoms with Gasteiger partial charge in [-0.1, -0.05) is 0 Å². The minimum absolute atomic E-state index is 0.0393. The second-order valence-corrected chi connectivity index (χ2v) is 3.25. The quantitative estimate of drug-likeness (QED) is 0.669. The Morgan fingerprint density at radius 3 is 2.80 bits per heavy atom. The lowest BCUT2D eigenvalue weighted by molar-refractivity contribution is -0.120. The normalized spacial score (nSPS) is 10.0. The zero-order chi connectivity index (χ0) is 11.1. The lowest BCUT2D eigenvalue weighted by Gasteiger charge is -2.03. The van der Waals surface area contributed by atoms with Gasteiger partial charge in [-0.3, -0.25) is 14.8 Å². The molecule has 0 bridgehead atoms. The number of aryl methyl sites for hydroxylation is 1. The molecule has 0 unspecified atom stereocenters. The number of hydrogen-bond acceptors (Lipinski definition) is 4. The summed E-state index contributed by atoms with van der Waals surface area (Å²) in [4.78, 5) is 19.2. The van der Waals surface area contributed by atoms with Crippen LogP contribution in [0, 0.1) is 6.92 Å². The highest BCUT2D eigenvalue weighted by Gasteiger charge is 1.98. The Hall–Kier alpha value is -1.49. The molecule has 15 heavy (non-hydrogen) atoms. The van der Waals surface area contributed by atoms with Crippen molar-refractivity contribution in [1.82, 2.24) is 20.6 Å². The Labute approximate surface area is 89.3 Å². The highest BCUT2D eigenvalue weighted by molar-refractivity contribution is 5.75. The third-order valence-electron chi connectivity index (χ3n) is 1.95. The monoisotopic (exact) mass is 208 g/mol. The summed E-state index contributed by atoms with van der Waals surface area (Å²) in [5.74, 6) is 0.0393. The number of carbonyl (C=O) groups is 1. The van der Waals surface area contributed by atoms with Gasteiger partial charge in [0.25, 0.3) is 0 Å². The number of nitrogens with zero attached hydrogens (tertiary/aromatic N) is 2. The van der Waals surface area contributed by atoms with Crippen molar-refractivity contribution in [3.8, 4) is 0 Å². The lowest BCUT2D eigenvalue weighted by atomic mass is 10.3. The molecule has 0 saturated carbocycles. The Balaban J connectivity index is 2.20. The Morgan fingerprint density at radius 2 is 2.20 bits per heavy atom. The van der Waals surface area contributed by atoms with E-state index in [1.54, 1.807) is 19.4 Å². The van der Waals surface area contributed by atoms with Gasteiger partial charge in [-0.15, -0.1) is 0 Å². The molecule has 1 aromatic rings. The smallest absolute Gasteiger partial charge is 0.221 e. The van der Waals surface area contributed by atoms with Crippen molar-refractivity contribution in [2.45, 2.75) is 19.9 Å². The highest BCUT2D eigenvalue weighted by atomic mass is 16.1. The average molecular weight is 208 g/mol. The predicted molar refractivity (Wildman–Crippen MR) is 57.2 cm³/mol. The van der Waals surface area contributed by atoms with Crippen LogP contribution in [0.25, 0.3) is 0 Å². The number of rotatable bonds is 5. The second kappa shape index (κ2) is 6.08. The van der Waals surface area contributed by atoms with E-state index in [0.717, 1.165) is 11.4 Å². The van der Waals surface area contributed by atoms with Gasteiger partial charge in [0.2, 0.25) is 5.91 Å². The first-order valence-corrected chi connectivity index (χ1v) is 4.91. The van der Waals surface area contributed by atoms with Gasteiger partial charge in [0.1, 0.15) is 0 Å². The van der Waals surface area contributed by atoms with Gasteiger partial charge in [0.15, 0.2) is 0 Å². The summed E-state index contributed by atoms with van der Waals surface area (Å²) in [7, 11) is 1.63. The fourth-order valence-electron chi connectivity index (χ4n) is 1.05. The SMILES string of the molecule is CNC(=O)CCNCc1cnc(C)cn1. The maximum Gasteiger partial charge on any atom is 0.221 e.